The molecule has 0 aliphatic carbocycles. The van der Waals surface area contributed by atoms with Crippen LogP contribution in [0.15, 0.2) is 4.99 Å². The predicted molar refractivity (Wildman–Crippen MR) is 73.4 cm³/mol. The van der Waals surface area contributed by atoms with Crippen molar-refractivity contribution < 1.29 is 0 Å². The van der Waals surface area contributed by atoms with E-state index in [-0.39, 0.29) is 0 Å². The van der Waals surface area contributed by atoms with Crippen LogP contribution >= 0.6 is 0 Å². The first-order chi connectivity index (χ1) is 7.77. The van der Waals surface area contributed by atoms with E-state index in [2.05, 4.69) is 64.5 Å². The Bertz CT molecular complexity index is 410. The molecule has 1 rings (SSSR count). The molecule has 98 valence electrons. The lowest BCUT2D eigenvalue weighted by Crippen LogP contribution is -2.30. The van der Waals surface area contributed by atoms with E-state index >= 15 is 0 Å². The maximum atomic E-state index is 4.81. The maximum absolute atomic E-state index is 4.81. The number of hydrogen-bond donors (Lipinski definition) is 0. The van der Waals surface area contributed by atoms with Crippen molar-refractivity contribution in [1.82, 2.24) is 9.13 Å². The smallest absolute Gasteiger partial charge is 0.206 e. The van der Waals surface area contributed by atoms with Gasteiger partial charge < -0.3 is 9.13 Å². The minimum absolute atomic E-state index is 0.325. The molecule has 3 heteroatoms. The molecule has 0 N–H and O–H groups in total. The monoisotopic (exact) mass is 237 g/mol. The van der Waals surface area contributed by atoms with Gasteiger partial charge in [0.25, 0.3) is 0 Å². The van der Waals surface area contributed by atoms with E-state index < -0.39 is 0 Å². The summed E-state index contributed by atoms with van der Waals surface area (Å²) in [6.45, 7) is 17.5. The summed E-state index contributed by atoms with van der Waals surface area (Å²) in [5.74, 6) is 0. The lowest BCUT2D eigenvalue weighted by Gasteiger charge is -2.13. The van der Waals surface area contributed by atoms with Gasteiger partial charge in [-0.15, -0.1) is 0 Å². The molecule has 1 aromatic heterocycles. The fraction of sp³-hybridized carbons (Fsp3) is 0.786. The Morgan fingerprint density at radius 2 is 1.12 bits per heavy atom. The Morgan fingerprint density at radius 3 is 1.35 bits per heavy atom. The van der Waals surface area contributed by atoms with E-state index in [1.807, 2.05) is 0 Å². The lowest BCUT2D eigenvalue weighted by molar-refractivity contribution is 0.490. The van der Waals surface area contributed by atoms with Crippen LogP contribution in [0, 0.1) is 13.8 Å². The van der Waals surface area contributed by atoms with Crippen LogP contribution in [-0.2, 0) is 0 Å². The SMILES string of the molecule is Cc1c(C)n(C(C)C)c(=NC(C)C)n1C(C)C. The van der Waals surface area contributed by atoms with E-state index in [1.165, 1.54) is 11.4 Å². The zero-order chi connectivity index (χ0) is 13.3. The zero-order valence-corrected chi connectivity index (χ0v) is 12.6. The quantitative estimate of drug-likeness (QED) is 0.769. The molecule has 0 radical (unpaired) electrons. The Kier molecular flexibility index (Phi) is 4.23. The summed E-state index contributed by atoms with van der Waals surface area (Å²) >= 11 is 0. The molecule has 0 aromatic carbocycles. The Balaban J connectivity index is 3.67. The Morgan fingerprint density at radius 1 is 0.765 bits per heavy atom. The van der Waals surface area contributed by atoms with Gasteiger partial charge in [0, 0.05) is 29.5 Å². The molecule has 17 heavy (non-hydrogen) atoms. The molecular weight excluding hydrogens is 210 g/mol. The number of hydrogen-bond acceptors (Lipinski definition) is 1. The molecule has 0 fully saturated rings. The van der Waals surface area contributed by atoms with Gasteiger partial charge in [-0.2, -0.15) is 0 Å². The first-order valence-corrected chi connectivity index (χ1v) is 6.61. The second-order valence-electron chi connectivity index (χ2n) is 5.62. The molecule has 1 heterocycles. The van der Waals surface area contributed by atoms with E-state index in [0.29, 0.717) is 18.1 Å². The topological polar surface area (TPSA) is 22.2 Å². The third-order valence-corrected chi connectivity index (χ3v) is 3.08. The van der Waals surface area contributed by atoms with Gasteiger partial charge in [-0.3, -0.25) is 0 Å². The minimum Gasteiger partial charge on any atom is -0.312 e. The van der Waals surface area contributed by atoms with Crippen molar-refractivity contribution in [3.05, 3.63) is 17.0 Å². The third kappa shape index (κ3) is 2.64. The average molecular weight is 237 g/mol. The van der Waals surface area contributed by atoms with Gasteiger partial charge in [0.2, 0.25) is 5.62 Å². The van der Waals surface area contributed by atoms with Crippen LogP contribution in [0.25, 0.3) is 0 Å². The van der Waals surface area contributed by atoms with Crippen LogP contribution < -0.4 is 5.62 Å². The van der Waals surface area contributed by atoms with E-state index in [0.717, 1.165) is 5.62 Å². The molecule has 0 amide bonds. The summed E-state index contributed by atoms with van der Waals surface area (Å²) < 4.78 is 4.69. The highest BCUT2D eigenvalue weighted by Crippen LogP contribution is 2.15. The molecule has 3 nitrogen and oxygen atoms in total. The van der Waals surface area contributed by atoms with Gasteiger partial charge in [-0.05, 0) is 55.4 Å². The first kappa shape index (κ1) is 14.1. The zero-order valence-electron chi connectivity index (χ0n) is 12.6. The van der Waals surface area contributed by atoms with Crippen LogP contribution in [0.1, 0.15) is 65.0 Å². The summed E-state index contributed by atoms with van der Waals surface area (Å²) in [5, 5.41) is 0. The summed E-state index contributed by atoms with van der Waals surface area (Å²) in [7, 11) is 0. The van der Waals surface area contributed by atoms with E-state index in [9.17, 15) is 0 Å². The molecule has 0 saturated carbocycles. The molecule has 1 aromatic rings. The van der Waals surface area contributed by atoms with Gasteiger partial charge in [-0.1, -0.05) is 0 Å². The average Bonchev–Trinajstić information content (AvgIpc) is 2.37. The highest BCUT2D eigenvalue weighted by molar-refractivity contribution is 5.13. The predicted octanol–water partition coefficient (Wildman–Crippen LogP) is 3.38. The standard InChI is InChI=1S/C14H27N3/c1-9(2)15-14-16(10(3)4)12(7)13(8)17(14)11(5)6/h9-11H,1-8H3. The van der Waals surface area contributed by atoms with Crippen LogP contribution in [0.4, 0.5) is 0 Å². The summed E-state index contributed by atoms with van der Waals surface area (Å²) in [4.78, 5) is 4.81. The summed E-state index contributed by atoms with van der Waals surface area (Å²) in [6.07, 6.45) is 0. The second-order valence-corrected chi connectivity index (χ2v) is 5.62. The largest absolute Gasteiger partial charge is 0.312 e. The molecule has 0 spiro atoms. The van der Waals surface area contributed by atoms with Crippen LogP contribution in [-0.4, -0.2) is 15.2 Å². The molecule has 0 bridgehead atoms. The Hall–Kier alpha value is -0.990. The van der Waals surface area contributed by atoms with Crippen molar-refractivity contribution in [2.75, 3.05) is 0 Å². The molecule has 0 unspecified atom stereocenters. The van der Waals surface area contributed by atoms with E-state index in [1.54, 1.807) is 0 Å². The Labute approximate surface area is 105 Å². The van der Waals surface area contributed by atoms with Crippen molar-refractivity contribution in [2.24, 2.45) is 4.99 Å². The first-order valence-electron chi connectivity index (χ1n) is 6.61. The molecule has 0 atom stereocenters. The minimum atomic E-state index is 0.325. The van der Waals surface area contributed by atoms with Crippen molar-refractivity contribution in [3.63, 3.8) is 0 Å². The second kappa shape index (κ2) is 5.11. The molecular formula is C14H27N3. The van der Waals surface area contributed by atoms with Crippen molar-refractivity contribution in [2.45, 2.75) is 73.5 Å². The summed E-state index contributed by atoms with van der Waals surface area (Å²) in [5.41, 5.74) is 3.76. The molecule has 0 aliphatic rings. The number of imidazole rings is 1. The van der Waals surface area contributed by atoms with Gasteiger partial charge >= 0.3 is 0 Å². The fourth-order valence-corrected chi connectivity index (χ4v) is 2.36. The van der Waals surface area contributed by atoms with Crippen molar-refractivity contribution in [3.8, 4) is 0 Å². The number of rotatable bonds is 3. The van der Waals surface area contributed by atoms with Crippen LogP contribution in [0.5, 0.6) is 0 Å². The van der Waals surface area contributed by atoms with Crippen molar-refractivity contribution in [1.29, 1.82) is 0 Å². The highest BCUT2D eigenvalue weighted by atomic mass is 15.2. The van der Waals surface area contributed by atoms with Gasteiger partial charge in [-0.25, -0.2) is 4.99 Å². The van der Waals surface area contributed by atoms with E-state index in [4.69, 9.17) is 4.99 Å². The highest BCUT2D eigenvalue weighted by Gasteiger charge is 2.16. The number of nitrogens with zero attached hydrogens (tertiary/aromatic N) is 3. The fourth-order valence-electron chi connectivity index (χ4n) is 2.36. The molecule has 0 saturated heterocycles. The third-order valence-electron chi connectivity index (χ3n) is 3.08. The lowest BCUT2D eigenvalue weighted by atomic mass is 10.3. The van der Waals surface area contributed by atoms with Crippen LogP contribution in [0.3, 0.4) is 0 Å². The van der Waals surface area contributed by atoms with Gasteiger partial charge in [0.1, 0.15) is 0 Å². The maximum Gasteiger partial charge on any atom is 0.206 e. The van der Waals surface area contributed by atoms with Crippen LogP contribution in [0.2, 0.25) is 0 Å². The summed E-state index contributed by atoms with van der Waals surface area (Å²) in [6, 6.07) is 1.23. The van der Waals surface area contributed by atoms with Crippen molar-refractivity contribution >= 4 is 0 Å². The number of aromatic nitrogens is 2. The van der Waals surface area contributed by atoms with Gasteiger partial charge in [0.05, 0.1) is 0 Å². The molecule has 0 aliphatic heterocycles. The van der Waals surface area contributed by atoms with Gasteiger partial charge in [0.15, 0.2) is 0 Å². The normalized spacial score (nSPS) is 11.9.